The molecule has 0 atom stereocenters. The van der Waals surface area contributed by atoms with Gasteiger partial charge in [0.25, 0.3) is 0 Å². The van der Waals surface area contributed by atoms with Gasteiger partial charge in [0.05, 0.1) is 9.95 Å². The Morgan fingerprint density at radius 1 is 1.32 bits per heavy atom. The number of halogens is 2. The van der Waals surface area contributed by atoms with Crippen molar-refractivity contribution >= 4 is 28.9 Å². The molecule has 0 amide bonds. The Hall–Kier alpha value is -1.85. The minimum atomic E-state index is -0.503. The number of hydrogen-bond acceptors (Lipinski definition) is 4. The third-order valence-electron chi connectivity index (χ3n) is 2.34. The van der Waals surface area contributed by atoms with Gasteiger partial charge in [-0.2, -0.15) is 0 Å². The van der Waals surface area contributed by atoms with Gasteiger partial charge in [-0.1, -0.05) is 35.3 Å². The lowest BCUT2D eigenvalue weighted by molar-refractivity contribution is -0.385. The molecule has 0 saturated heterocycles. The summed E-state index contributed by atoms with van der Waals surface area (Å²) in [6.07, 6.45) is 1.47. The number of pyridine rings is 1. The molecule has 0 N–H and O–H groups in total. The summed E-state index contributed by atoms with van der Waals surface area (Å²) >= 11 is 11.6. The molecule has 0 aliphatic carbocycles. The van der Waals surface area contributed by atoms with E-state index >= 15 is 0 Å². The Morgan fingerprint density at radius 3 is 2.74 bits per heavy atom. The molecular formula is C12H8Cl2N2O3. The van der Waals surface area contributed by atoms with Crippen LogP contribution in [0.4, 0.5) is 5.69 Å². The summed E-state index contributed by atoms with van der Waals surface area (Å²) in [7, 11) is 0. The number of nitro groups is 1. The van der Waals surface area contributed by atoms with Crippen molar-refractivity contribution in [3.05, 3.63) is 62.4 Å². The van der Waals surface area contributed by atoms with E-state index in [9.17, 15) is 10.1 Å². The largest absolute Gasteiger partial charge is 0.482 e. The van der Waals surface area contributed by atoms with Gasteiger partial charge in [-0.05, 0) is 12.1 Å². The van der Waals surface area contributed by atoms with Gasteiger partial charge in [0.1, 0.15) is 11.8 Å². The summed E-state index contributed by atoms with van der Waals surface area (Å²) in [6, 6.07) is 7.61. The highest BCUT2D eigenvalue weighted by atomic mass is 35.5. The van der Waals surface area contributed by atoms with Crippen LogP contribution in [-0.2, 0) is 6.61 Å². The number of para-hydroxylation sites is 2. The Labute approximate surface area is 118 Å². The first-order valence-corrected chi connectivity index (χ1v) is 5.99. The Bertz CT molecular complexity index is 620. The summed E-state index contributed by atoms with van der Waals surface area (Å²) in [5, 5.41) is 11.5. The Kier molecular flexibility index (Phi) is 4.19. The van der Waals surface area contributed by atoms with Gasteiger partial charge in [-0.15, -0.1) is 0 Å². The van der Waals surface area contributed by atoms with Crippen LogP contribution in [0.15, 0.2) is 36.5 Å². The SMILES string of the molecule is O=[N+]([O-])c1ccccc1OCc1cnc(Cl)cc1Cl. The number of ether oxygens (including phenoxy) is 1. The fourth-order valence-electron chi connectivity index (χ4n) is 1.43. The number of nitrogens with zero attached hydrogens (tertiary/aromatic N) is 2. The molecular weight excluding hydrogens is 291 g/mol. The van der Waals surface area contributed by atoms with E-state index in [2.05, 4.69) is 4.98 Å². The number of hydrogen-bond donors (Lipinski definition) is 0. The molecule has 98 valence electrons. The van der Waals surface area contributed by atoms with Gasteiger partial charge in [0.15, 0.2) is 5.75 Å². The molecule has 0 radical (unpaired) electrons. The topological polar surface area (TPSA) is 65.3 Å². The Balaban J connectivity index is 2.17. The second kappa shape index (κ2) is 5.86. The minimum Gasteiger partial charge on any atom is -0.482 e. The van der Waals surface area contributed by atoms with E-state index in [4.69, 9.17) is 27.9 Å². The van der Waals surface area contributed by atoms with Gasteiger partial charge < -0.3 is 4.74 Å². The lowest BCUT2D eigenvalue weighted by atomic mass is 10.3. The number of rotatable bonds is 4. The van der Waals surface area contributed by atoms with Gasteiger partial charge in [0, 0.05) is 17.8 Å². The molecule has 1 heterocycles. The molecule has 5 nitrogen and oxygen atoms in total. The van der Waals surface area contributed by atoms with Crippen LogP contribution in [0.1, 0.15) is 5.56 Å². The van der Waals surface area contributed by atoms with Crippen molar-refractivity contribution in [3.8, 4) is 5.75 Å². The monoisotopic (exact) mass is 298 g/mol. The minimum absolute atomic E-state index is 0.0772. The van der Waals surface area contributed by atoms with Crippen molar-refractivity contribution in [2.45, 2.75) is 6.61 Å². The second-order valence-electron chi connectivity index (χ2n) is 3.61. The zero-order valence-corrected chi connectivity index (χ0v) is 11.1. The van der Waals surface area contributed by atoms with E-state index in [0.29, 0.717) is 10.6 Å². The van der Waals surface area contributed by atoms with Crippen LogP contribution >= 0.6 is 23.2 Å². The molecule has 1 aromatic carbocycles. The molecule has 19 heavy (non-hydrogen) atoms. The lowest BCUT2D eigenvalue weighted by Crippen LogP contribution is -2.00. The van der Waals surface area contributed by atoms with Gasteiger partial charge in [0.2, 0.25) is 0 Å². The molecule has 2 rings (SSSR count). The highest BCUT2D eigenvalue weighted by Crippen LogP contribution is 2.27. The molecule has 0 aliphatic heterocycles. The first kappa shape index (κ1) is 13.6. The van der Waals surface area contributed by atoms with Crippen LogP contribution in [0.3, 0.4) is 0 Å². The van der Waals surface area contributed by atoms with Crippen LogP contribution in [-0.4, -0.2) is 9.91 Å². The summed E-state index contributed by atoms with van der Waals surface area (Å²) in [6.45, 7) is 0.0772. The number of aromatic nitrogens is 1. The summed E-state index contributed by atoms with van der Waals surface area (Å²) in [5.74, 6) is 0.179. The highest BCUT2D eigenvalue weighted by Gasteiger charge is 2.14. The molecule has 2 aromatic rings. The maximum atomic E-state index is 10.8. The maximum absolute atomic E-state index is 10.8. The van der Waals surface area contributed by atoms with Gasteiger partial charge >= 0.3 is 5.69 Å². The van der Waals surface area contributed by atoms with E-state index in [-0.39, 0.29) is 23.2 Å². The van der Waals surface area contributed by atoms with Crippen molar-refractivity contribution in [3.63, 3.8) is 0 Å². The molecule has 0 fully saturated rings. The van der Waals surface area contributed by atoms with E-state index in [1.807, 2.05) is 0 Å². The zero-order chi connectivity index (χ0) is 13.8. The van der Waals surface area contributed by atoms with E-state index in [1.165, 1.54) is 24.4 Å². The van der Waals surface area contributed by atoms with E-state index < -0.39 is 4.92 Å². The first-order chi connectivity index (χ1) is 9.08. The number of nitro benzene ring substituents is 1. The third-order valence-corrected chi connectivity index (χ3v) is 2.90. The van der Waals surface area contributed by atoms with E-state index in [1.54, 1.807) is 12.1 Å². The zero-order valence-electron chi connectivity index (χ0n) is 9.55. The molecule has 7 heteroatoms. The van der Waals surface area contributed by atoms with Crippen molar-refractivity contribution in [2.24, 2.45) is 0 Å². The standard InChI is InChI=1S/C12H8Cl2N2O3/c13-9-5-12(14)15-6-8(9)7-19-11-4-2-1-3-10(11)16(17)18/h1-6H,7H2. The lowest BCUT2D eigenvalue weighted by Gasteiger charge is -2.07. The molecule has 0 saturated carbocycles. The van der Waals surface area contributed by atoms with Crippen molar-refractivity contribution < 1.29 is 9.66 Å². The average Bonchev–Trinajstić information content (AvgIpc) is 2.38. The fourth-order valence-corrected chi connectivity index (χ4v) is 1.85. The molecule has 0 bridgehead atoms. The normalized spacial score (nSPS) is 10.2. The van der Waals surface area contributed by atoms with Crippen LogP contribution < -0.4 is 4.74 Å². The molecule has 0 spiro atoms. The van der Waals surface area contributed by atoms with Gasteiger partial charge in [-0.25, -0.2) is 4.98 Å². The number of benzene rings is 1. The maximum Gasteiger partial charge on any atom is 0.310 e. The predicted octanol–water partition coefficient (Wildman–Crippen LogP) is 3.88. The molecule has 1 aromatic heterocycles. The summed E-state index contributed by atoms with van der Waals surface area (Å²) in [4.78, 5) is 14.2. The molecule has 0 unspecified atom stereocenters. The van der Waals surface area contributed by atoms with Crippen LogP contribution in [0, 0.1) is 10.1 Å². The van der Waals surface area contributed by atoms with Crippen molar-refractivity contribution in [2.75, 3.05) is 0 Å². The van der Waals surface area contributed by atoms with Crippen LogP contribution in [0.25, 0.3) is 0 Å². The first-order valence-electron chi connectivity index (χ1n) is 5.24. The van der Waals surface area contributed by atoms with Crippen molar-refractivity contribution in [1.82, 2.24) is 4.98 Å². The second-order valence-corrected chi connectivity index (χ2v) is 4.41. The predicted molar refractivity (Wildman–Crippen MR) is 71.7 cm³/mol. The van der Waals surface area contributed by atoms with E-state index in [0.717, 1.165) is 0 Å². The summed E-state index contributed by atoms with van der Waals surface area (Å²) in [5.41, 5.74) is 0.504. The van der Waals surface area contributed by atoms with Gasteiger partial charge in [-0.3, -0.25) is 10.1 Å². The van der Waals surface area contributed by atoms with Crippen LogP contribution in [0.5, 0.6) is 5.75 Å². The average molecular weight is 299 g/mol. The third kappa shape index (κ3) is 3.33. The fraction of sp³-hybridized carbons (Fsp3) is 0.0833. The Morgan fingerprint density at radius 2 is 2.05 bits per heavy atom. The van der Waals surface area contributed by atoms with Crippen molar-refractivity contribution in [1.29, 1.82) is 0 Å². The van der Waals surface area contributed by atoms with Crippen LogP contribution in [0.2, 0.25) is 10.2 Å². The molecule has 0 aliphatic rings. The smallest absolute Gasteiger partial charge is 0.310 e. The highest BCUT2D eigenvalue weighted by molar-refractivity contribution is 6.34. The summed E-state index contributed by atoms with van der Waals surface area (Å²) < 4.78 is 5.40. The quantitative estimate of drug-likeness (QED) is 0.488.